The number of ether oxygens (including phenoxy) is 8. The van der Waals surface area contributed by atoms with Gasteiger partial charge in [0.05, 0.1) is 52.9 Å². The summed E-state index contributed by atoms with van der Waals surface area (Å²) in [6, 6.07) is -1.20. The maximum Gasteiger partial charge on any atom is 0.479 e. The molecule has 36 heteroatoms. The quantitative estimate of drug-likeness (QED) is 0.0403. The Morgan fingerprint density at radius 2 is 0.303 bits per heavy atom. The maximum atomic E-state index is 12.2. The van der Waals surface area contributed by atoms with E-state index in [1.54, 1.807) is 0 Å². The lowest BCUT2D eigenvalue weighted by Gasteiger charge is -2.63. The summed E-state index contributed by atoms with van der Waals surface area (Å²) in [6.45, 7) is 8.78. The first-order valence-corrected chi connectivity index (χ1v) is 40.8. The highest BCUT2D eigenvalue weighted by molar-refractivity contribution is 7.03. The first-order valence-electron chi connectivity index (χ1n) is 25.3. The lowest BCUT2D eigenvalue weighted by Crippen LogP contribution is -2.88. The third kappa shape index (κ3) is 19.7. The van der Waals surface area contributed by atoms with Crippen molar-refractivity contribution in [3.63, 3.8) is 0 Å². The van der Waals surface area contributed by atoms with Gasteiger partial charge in [0.2, 0.25) is 0 Å². The fraction of sp³-hybridized carbons (Fsp3) is 0.800. The fourth-order valence-corrected chi connectivity index (χ4v) is 58.8. The van der Waals surface area contributed by atoms with Crippen molar-refractivity contribution in [1.82, 2.24) is 0 Å². The van der Waals surface area contributed by atoms with Crippen molar-refractivity contribution in [2.75, 3.05) is 52.9 Å². The fourth-order valence-electron chi connectivity index (χ4n) is 8.60. The number of hydrogen-bond donors (Lipinski definition) is 0. The van der Waals surface area contributed by atoms with E-state index in [0.717, 1.165) is 0 Å². The van der Waals surface area contributed by atoms with Gasteiger partial charge in [-0.1, -0.05) is 0 Å². The van der Waals surface area contributed by atoms with Crippen molar-refractivity contribution in [3.8, 4) is 0 Å². The topological polar surface area (TPSA) is 321 Å². The van der Waals surface area contributed by atoms with Gasteiger partial charge in [-0.15, -0.1) is 0 Å². The zero-order valence-electron chi connectivity index (χ0n) is 44.4. The van der Waals surface area contributed by atoms with E-state index in [9.17, 15) is 38.4 Å². The summed E-state index contributed by atoms with van der Waals surface area (Å²) in [7, 11) is -37.8. The lowest BCUT2D eigenvalue weighted by atomic mass is 10.5. The zero-order chi connectivity index (χ0) is 55.7. The predicted octanol–water partition coefficient (Wildman–Crippen LogP) is 3.39. The lowest BCUT2D eigenvalue weighted by molar-refractivity contribution is -0.141. The highest BCUT2D eigenvalue weighted by Crippen LogP contribution is 2.54. The van der Waals surface area contributed by atoms with Gasteiger partial charge < -0.3 is 87.3 Å². The molecule has 0 spiro atoms. The van der Waals surface area contributed by atoms with Crippen molar-refractivity contribution in [3.05, 3.63) is 0 Å². The molecule has 432 valence electrons. The second-order valence-corrected chi connectivity index (χ2v) is 43.0. The molecular formula is C40H72O28Si8. The molecule has 0 saturated carbocycles. The molecule has 0 atom stereocenters. The van der Waals surface area contributed by atoms with E-state index in [2.05, 4.69) is 0 Å². The molecule has 0 aromatic carbocycles. The van der Waals surface area contributed by atoms with Crippen LogP contribution in [0.1, 0.15) is 107 Å². The molecule has 0 aromatic rings. The molecule has 6 aliphatic heterocycles. The van der Waals surface area contributed by atoms with Crippen LogP contribution in [0.15, 0.2) is 0 Å². The van der Waals surface area contributed by atoms with Gasteiger partial charge in [-0.2, -0.15) is 0 Å². The summed E-state index contributed by atoms with van der Waals surface area (Å²) in [5.74, 6) is -4.59. The van der Waals surface area contributed by atoms with Crippen molar-refractivity contribution in [2.24, 2.45) is 0 Å². The summed E-state index contributed by atoms with van der Waals surface area (Å²) in [5.41, 5.74) is 0. The van der Waals surface area contributed by atoms with E-state index in [1.807, 2.05) is 0 Å². The highest BCUT2D eigenvalue weighted by atomic mass is 28.6. The smallest absolute Gasteiger partial charge is 0.466 e. The highest BCUT2D eigenvalue weighted by Gasteiger charge is 2.83. The van der Waals surface area contributed by atoms with E-state index in [-0.39, 0.29) is 153 Å². The zero-order valence-corrected chi connectivity index (χ0v) is 52.4. The number of carbonyl (C=O) groups excluding carboxylic acids is 8. The van der Waals surface area contributed by atoms with Crippen LogP contribution >= 0.6 is 0 Å². The summed E-state index contributed by atoms with van der Waals surface area (Å²) >= 11 is 0. The number of carbonyl (C=O) groups is 8. The third-order valence-corrected chi connectivity index (χ3v) is 48.8. The van der Waals surface area contributed by atoms with Gasteiger partial charge in [0.1, 0.15) is 0 Å². The monoisotopic (exact) mass is 1220 g/mol. The Hall–Kier alpha value is -2.98. The molecule has 6 saturated heterocycles. The number of rotatable bonds is 32. The largest absolute Gasteiger partial charge is 0.479 e. The Kier molecular flexibility index (Phi) is 23.9. The van der Waals surface area contributed by atoms with E-state index in [0.29, 0.717) is 0 Å². The molecular weight excluding hydrogens is 1150 g/mol. The minimum Gasteiger partial charge on any atom is -0.466 e. The van der Waals surface area contributed by atoms with Crippen LogP contribution in [0.5, 0.6) is 0 Å². The van der Waals surface area contributed by atoms with Crippen LogP contribution < -0.4 is 0 Å². The van der Waals surface area contributed by atoms with Gasteiger partial charge >= 0.3 is 118 Å². The molecule has 0 N–H and O–H groups in total. The molecule has 0 unspecified atom stereocenters. The average Bonchev–Trinajstić information content (AvgIpc) is 3.27. The van der Waals surface area contributed by atoms with Gasteiger partial charge in [-0.05, 0) is 51.4 Å². The molecule has 8 bridgehead atoms. The molecule has 28 nitrogen and oxygen atoms in total. The Bertz CT molecular complexity index is 1560. The molecule has 0 aromatic heterocycles. The Labute approximate surface area is 450 Å². The van der Waals surface area contributed by atoms with Crippen molar-refractivity contribution >= 4 is 118 Å². The molecule has 0 amide bonds. The van der Waals surface area contributed by atoms with E-state index in [4.69, 9.17) is 87.3 Å². The van der Waals surface area contributed by atoms with Gasteiger partial charge in [0, 0.05) is 104 Å². The number of hydrogen-bond acceptors (Lipinski definition) is 28. The van der Waals surface area contributed by atoms with Crippen molar-refractivity contribution in [1.29, 1.82) is 0 Å². The Balaban J connectivity index is 1.90. The second-order valence-electron chi connectivity index (χ2n) is 18.2. The summed E-state index contributed by atoms with van der Waals surface area (Å²) in [6.07, 6.45) is 0.352. The van der Waals surface area contributed by atoms with Gasteiger partial charge in [-0.3, -0.25) is 38.4 Å². The van der Waals surface area contributed by atoms with E-state index in [1.165, 1.54) is 55.4 Å². The first kappa shape index (κ1) is 63.8. The van der Waals surface area contributed by atoms with Crippen LogP contribution in [0.4, 0.5) is 0 Å². The average molecular weight is 1230 g/mol. The molecule has 76 heavy (non-hydrogen) atoms. The Morgan fingerprint density at radius 3 is 0.382 bits per heavy atom. The Morgan fingerprint density at radius 1 is 0.211 bits per heavy atom. The second kappa shape index (κ2) is 28.4. The minimum atomic E-state index is -4.73. The molecule has 6 heterocycles. The van der Waals surface area contributed by atoms with Gasteiger partial charge in [-0.25, -0.2) is 0 Å². The van der Waals surface area contributed by atoms with Crippen LogP contribution in [0.3, 0.4) is 0 Å². The standard InChI is InChI=1S/C40H72O28Si8/c1-33(41)49-17-9-25-69-57-70(26-10-18-50-34(2)42)60-73(29-13-21-53-37(5)45)62-71(58-69,27-11-19-51-35(3)43)64-75(31-15-23-55-39(7)47)65-72(59-69,28-12-20-52-36(4)44)63-74(61-70,30-14-22-54-38(6)46)67-76(66-73,68-75)32-16-24-56-40(8)48/h9-32H2,1-8H3. The van der Waals surface area contributed by atoms with Crippen LogP contribution in [-0.4, -0.2) is 171 Å². The molecule has 0 aliphatic carbocycles. The van der Waals surface area contributed by atoms with E-state index < -0.39 is 118 Å². The van der Waals surface area contributed by atoms with Gasteiger partial charge in [0.25, 0.3) is 0 Å². The van der Waals surface area contributed by atoms with Crippen LogP contribution in [0, 0.1) is 0 Å². The molecule has 6 aliphatic rings. The van der Waals surface area contributed by atoms with Crippen LogP contribution in [0.25, 0.3) is 0 Å². The summed E-state index contributed by atoms with van der Waals surface area (Å²) in [4.78, 5) is 97.6. The van der Waals surface area contributed by atoms with Gasteiger partial charge in [0.15, 0.2) is 0 Å². The minimum absolute atomic E-state index is 0.0440. The van der Waals surface area contributed by atoms with Crippen LogP contribution in [-0.2, 0) is 126 Å². The normalized spacial score (nSPS) is 31.1. The third-order valence-electron chi connectivity index (χ3n) is 11.2. The van der Waals surface area contributed by atoms with Crippen molar-refractivity contribution in [2.45, 2.75) is 155 Å². The molecule has 0 radical (unpaired) electrons. The maximum absolute atomic E-state index is 12.2. The predicted molar refractivity (Wildman–Crippen MR) is 268 cm³/mol. The van der Waals surface area contributed by atoms with Crippen LogP contribution in [0.2, 0.25) is 48.4 Å². The summed E-state index contributed by atoms with van der Waals surface area (Å²) < 4.78 is 134. The van der Waals surface area contributed by atoms with E-state index >= 15 is 0 Å². The first-order chi connectivity index (χ1) is 35.8. The SMILES string of the molecule is CC(=O)OCCC[Si]12O[Si]3(CCCOC(C)=O)O[Si]4(CCCOC(C)=O)O[Si](CCCOC(C)=O)(O1)O[Si]1(CCCOC(C)=O)O[Si](CCCOC(C)=O)(O2)O[Si](CCCOC(C)=O)(O3)O[Si](CCCOC(C)=O)(O4)O1. The number of esters is 8. The molecule has 6 rings (SSSR count). The molecule has 6 fully saturated rings. The van der Waals surface area contributed by atoms with Crippen molar-refractivity contribution < 1.29 is 126 Å². The summed E-state index contributed by atoms with van der Waals surface area (Å²) in [5, 5.41) is 0.